The van der Waals surface area contributed by atoms with E-state index in [4.69, 9.17) is 16.7 Å². The molecule has 6 heteroatoms. The van der Waals surface area contributed by atoms with E-state index in [0.717, 1.165) is 11.1 Å². The number of carbonyl (C=O) groups is 2. The maximum absolute atomic E-state index is 12.5. The Labute approximate surface area is 128 Å². The first-order chi connectivity index (χ1) is 9.74. The van der Waals surface area contributed by atoms with Crippen molar-refractivity contribution in [2.24, 2.45) is 0 Å². The Hall–Kier alpha value is -1.59. The standard InChI is InChI=1S/C15H18ClNO4/c1-9-7-11(12(16)8-10(9)2)13(18)17-5-3-15(21,4-6-17)14(19)20/h7-8,21H,3-6H2,1-2H3,(H,19,20). The number of aryl methyl sites for hydroxylation is 2. The van der Waals surface area contributed by atoms with E-state index in [0.29, 0.717) is 10.6 Å². The summed E-state index contributed by atoms with van der Waals surface area (Å²) in [5.41, 5.74) is 0.668. The van der Waals surface area contributed by atoms with Gasteiger partial charge in [0, 0.05) is 25.9 Å². The minimum Gasteiger partial charge on any atom is -0.479 e. The molecule has 1 saturated heterocycles. The fourth-order valence-electron chi connectivity index (χ4n) is 2.41. The number of hydrogen-bond acceptors (Lipinski definition) is 3. The molecule has 114 valence electrons. The van der Waals surface area contributed by atoms with Gasteiger partial charge in [-0.3, -0.25) is 4.79 Å². The average Bonchev–Trinajstić information content (AvgIpc) is 2.43. The SMILES string of the molecule is Cc1cc(Cl)c(C(=O)N2CCC(O)(C(=O)O)CC2)cc1C. The summed E-state index contributed by atoms with van der Waals surface area (Å²) in [7, 11) is 0. The normalized spacial score (nSPS) is 17.6. The number of likely N-dealkylation sites (tertiary alicyclic amines) is 1. The number of carboxylic acids is 1. The minimum atomic E-state index is -1.73. The zero-order valence-corrected chi connectivity index (χ0v) is 12.8. The molecule has 0 bridgehead atoms. The van der Waals surface area contributed by atoms with Crippen LogP contribution in [0.4, 0.5) is 0 Å². The first-order valence-electron chi connectivity index (χ1n) is 6.76. The highest BCUT2D eigenvalue weighted by molar-refractivity contribution is 6.34. The van der Waals surface area contributed by atoms with Crippen LogP contribution in [-0.4, -0.2) is 45.7 Å². The second kappa shape index (κ2) is 5.66. The fraction of sp³-hybridized carbons (Fsp3) is 0.467. The van der Waals surface area contributed by atoms with Crippen LogP contribution in [-0.2, 0) is 4.79 Å². The summed E-state index contributed by atoms with van der Waals surface area (Å²) >= 11 is 6.13. The van der Waals surface area contributed by atoms with Crippen LogP contribution in [0, 0.1) is 13.8 Å². The Morgan fingerprint density at radius 3 is 2.24 bits per heavy atom. The van der Waals surface area contributed by atoms with Gasteiger partial charge in [0.1, 0.15) is 0 Å². The molecule has 1 amide bonds. The van der Waals surface area contributed by atoms with Gasteiger partial charge in [-0.2, -0.15) is 0 Å². The van der Waals surface area contributed by atoms with Crippen LogP contribution in [0.5, 0.6) is 0 Å². The molecule has 1 aromatic carbocycles. The molecule has 5 nitrogen and oxygen atoms in total. The number of halogens is 1. The molecule has 0 unspecified atom stereocenters. The second-order valence-corrected chi connectivity index (χ2v) is 5.95. The lowest BCUT2D eigenvalue weighted by Crippen LogP contribution is -2.50. The van der Waals surface area contributed by atoms with Crippen LogP contribution in [0.3, 0.4) is 0 Å². The summed E-state index contributed by atoms with van der Waals surface area (Å²) in [4.78, 5) is 25.0. The van der Waals surface area contributed by atoms with Gasteiger partial charge in [-0.05, 0) is 37.1 Å². The molecule has 2 rings (SSSR count). The van der Waals surface area contributed by atoms with Crippen molar-refractivity contribution in [3.8, 4) is 0 Å². The second-order valence-electron chi connectivity index (χ2n) is 5.55. The average molecular weight is 312 g/mol. The molecular weight excluding hydrogens is 294 g/mol. The van der Waals surface area contributed by atoms with E-state index in [1.54, 1.807) is 12.1 Å². The molecule has 1 heterocycles. The zero-order chi connectivity index (χ0) is 15.8. The summed E-state index contributed by atoms with van der Waals surface area (Å²) in [6.45, 7) is 4.22. The molecule has 1 aliphatic heterocycles. The zero-order valence-electron chi connectivity index (χ0n) is 12.0. The first-order valence-corrected chi connectivity index (χ1v) is 7.14. The highest BCUT2D eigenvalue weighted by Gasteiger charge is 2.40. The lowest BCUT2D eigenvalue weighted by atomic mass is 9.91. The molecule has 0 atom stereocenters. The number of aliphatic carboxylic acids is 1. The van der Waals surface area contributed by atoms with Crippen molar-refractivity contribution < 1.29 is 19.8 Å². The lowest BCUT2D eigenvalue weighted by Gasteiger charge is -2.35. The molecule has 1 fully saturated rings. The van der Waals surface area contributed by atoms with Gasteiger partial charge in [0.15, 0.2) is 5.60 Å². The molecule has 0 aliphatic carbocycles. The van der Waals surface area contributed by atoms with Crippen molar-refractivity contribution in [1.29, 1.82) is 0 Å². The van der Waals surface area contributed by atoms with Crippen LogP contribution >= 0.6 is 11.6 Å². The minimum absolute atomic E-state index is 0.0243. The van der Waals surface area contributed by atoms with E-state index in [2.05, 4.69) is 0 Å². The smallest absolute Gasteiger partial charge is 0.335 e. The van der Waals surface area contributed by atoms with Gasteiger partial charge in [0.25, 0.3) is 5.91 Å². The first kappa shape index (κ1) is 15.8. The number of amides is 1. The number of piperidine rings is 1. The van der Waals surface area contributed by atoms with Crippen molar-refractivity contribution in [3.63, 3.8) is 0 Å². The van der Waals surface area contributed by atoms with Crippen LogP contribution in [0.25, 0.3) is 0 Å². The van der Waals surface area contributed by atoms with Gasteiger partial charge >= 0.3 is 5.97 Å². The Bertz CT molecular complexity index is 592. The van der Waals surface area contributed by atoms with Gasteiger partial charge in [-0.1, -0.05) is 11.6 Å². The number of hydrogen-bond donors (Lipinski definition) is 2. The number of nitrogens with zero attached hydrogens (tertiary/aromatic N) is 1. The van der Waals surface area contributed by atoms with Gasteiger partial charge in [0.2, 0.25) is 0 Å². The largest absolute Gasteiger partial charge is 0.479 e. The van der Waals surface area contributed by atoms with E-state index in [-0.39, 0.29) is 31.8 Å². The van der Waals surface area contributed by atoms with Crippen LogP contribution < -0.4 is 0 Å². The molecular formula is C15H18ClNO4. The predicted molar refractivity (Wildman–Crippen MR) is 78.6 cm³/mol. The quantitative estimate of drug-likeness (QED) is 0.876. The maximum Gasteiger partial charge on any atom is 0.335 e. The molecule has 0 spiro atoms. The van der Waals surface area contributed by atoms with Crippen LogP contribution in [0.2, 0.25) is 5.02 Å². The summed E-state index contributed by atoms with van der Waals surface area (Å²) in [5.74, 6) is -1.46. The summed E-state index contributed by atoms with van der Waals surface area (Å²) in [6, 6.07) is 3.50. The Kier molecular flexibility index (Phi) is 4.25. The van der Waals surface area contributed by atoms with E-state index in [1.165, 1.54) is 4.90 Å². The number of benzene rings is 1. The molecule has 1 aromatic rings. The van der Waals surface area contributed by atoms with Crippen molar-refractivity contribution in [2.75, 3.05) is 13.1 Å². The van der Waals surface area contributed by atoms with Crippen LogP contribution in [0.15, 0.2) is 12.1 Å². The fourth-order valence-corrected chi connectivity index (χ4v) is 2.71. The maximum atomic E-state index is 12.5. The third-order valence-electron chi connectivity index (χ3n) is 4.09. The third kappa shape index (κ3) is 3.04. The Balaban J connectivity index is 2.16. The van der Waals surface area contributed by atoms with Gasteiger partial charge in [-0.25, -0.2) is 4.79 Å². The van der Waals surface area contributed by atoms with E-state index in [1.807, 2.05) is 13.8 Å². The number of aliphatic hydroxyl groups is 1. The van der Waals surface area contributed by atoms with Crippen molar-refractivity contribution >= 4 is 23.5 Å². The van der Waals surface area contributed by atoms with Crippen molar-refractivity contribution in [2.45, 2.75) is 32.3 Å². The number of carboxylic acid groups (broad SMARTS) is 1. The predicted octanol–water partition coefficient (Wildman–Crippen LogP) is 2.01. The molecule has 0 aromatic heterocycles. The topological polar surface area (TPSA) is 77.8 Å². The van der Waals surface area contributed by atoms with Gasteiger partial charge < -0.3 is 15.1 Å². The van der Waals surface area contributed by atoms with E-state index in [9.17, 15) is 14.7 Å². The van der Waals surface area contributed by atoms with Crippen molar-refractivity contribution in [1.82, 2.24) is 4.90 Å². The summed E-state index contributed by atoms with van der Waals surface area (Å²) in [5, 5.41) is 19.3. The van der Waals surface area contributed by atoms with Gasteiger partial charge in [0.05, 0.1) is 10.6 Å². The van der Waals surface area contributed by atoms with Crippen LogP contribution in [0.1, 0.15) is 34.3 Å². The van der Waals surface area contributed by atoms with Gasteiger partial charge in [-0.15, -0.1) is 0 Å². The summed E-state index contributed by atoms with van der Waals surface area (Å²) < 4.78 is 0. The molecule has 0 saturated carbocycles. The highest BCUT2D eigenvalue weighted by atomic mass is 35.5. The Morgan fingerprint density at radius 1 is 1.19 bits per heavy atom. The number of carbonyl (C=O) groups excluding carboxylic acids is 1. The Morgan fingerprint density at radius 2 is 1.71 bits per heavy atom. The molecule has 2 N–H and O–H groups in total. The number of rotatable bonds is 2. The lowest BCUT2D eigenvalue weighted by molar-refractivity contribution is -0.162. The monoisotopic (exact) mass is 311 g/mol. The molecule has 0 radical (unpaired) electrons. The van der Waals surface area contributed by atoms with E-state index < -0.39 is 11.6 Å². The highest BCUT2D eigenvalue weighted by Crippen LogP contribution is 2.27. The van der Waals surface area contributed by atoms with Crippen molar-refractivity contribution in [3.05, 3.63) is 33.8 Å². The summed E-state index contributed by atoms with van der Waals surface area (Å²) in [6.07, 6.45) is 0.0487. The third-order valence-corrected chi connectivity index (χ3v) is 4.40. The van der Waals surface area contributed by atoms with E-state index >= 15 is 0 Å². The molecule has 1 aliphatic rings. The molecule has 21 heavy (non-hydrogen) atoms.